The Morgan fingerprint density at radius 1 is 1.35 bits per heavy atom. The van der Waals surface area contributed by atoms with E-state index < -0.39 is 18.5 Å². The lowest BCUT2D eigenvalue weighted by Gasteiger charge is -2.12. The van der Waals surface area contributed by atoms with E-state index in [0.29, 0.717) is 5.56 Å². The average molecular weight is 279 g/mol. The molecule has 0 aliphatic carbocycles. The zero-order chi connectivity index (χ0) is 15.1. The van der Waals surface area contributed by atoms with E-state index in [-0.39, 0.29) is 24.6 Å². The Morgan fingerprint density at radius 2 is 2.05 bits per heavy atom. The second-order valence-corrected chi connectivity index (χ2v) is 4.51. The van der Waals surface area contributed by atoms with E-state index in [2.05, 4.69) is 4.98 Å². The van der Waals surface area contributed by atoms with Gasteiger partial charge in [-0.15, -0.1) is 0 Å². The van der Waals surface area contributed by atoms with Gasteiger partial charge in [0.2, 0.25) is 0 Å². The molecule has 1 atom stereocenters. The molecule has 0 aromatic carbocycles. The van der Waals surface area contributed by atoms with Crippen LogP contribution in [-0.2, 0) is 14.3 Å². The van der Waals surface area contributed by atoms with Crippen molar-refractivity contribution in [2.75, 3.05) is 13.2 Å². The minimum Gasteiger partial charge on any atom is -0.480 e. The SMILES string of the molecule is CC(=O)C(CCOCC(=O)O)C(=O)c1cncc(C)c1. The monoisotopic (exact) mass is 279 g/mol. The van der Waals surface area contributed by atoms with Gasteiger partial charge < -0.3 is 9.84 Å². The van der Waals surface area contributed by atoms with E-state index in [1.807, 2.05) is 6.92 Å². The van der Waals surface area contributed by atoms with E-state index in [1.165, 1.54) is 13.1 Å². The summed E-state index contributed by atoms with van der Waals surface area (Å²) in [5, 5.41) is 8.44. The molecule has 20 heavy (non-hydrogen) atoms. The molecule has 0 radical (unpaired) electrons. The van der Waals surface area contributed by atoms with Crippen LogP contribution in [-0.4, -0.2) is 40.8 Å². The summed E-state index contributed by atoms with van der Waals surface area (Å²) in [6.45, 7) is 2.75. The highest BCUT2D eigenvalue weighted by Crippen LogP contribution is 2.14. The molecule has 0 aliphatic rings. The maximum atomic E-state index is 12.2. The third-order valence-corrected chi connectivity index (χ3v) is 2.74. The Hall–Kier alpha value is -2.08. The number of hydrogen-bond acceptors (Lipinski definition) is 5. The van der Waals surface area contributed by atoms with Crippen LogP contribution < -0.4 is 0 Å². The highest BCUT2D eigenvalue weighted by Gasteiger charge is 2.24. The van der Waals surface area contributed by atoms with Crippen molar-refractivity contribution < 1.29 is 24.2 Å². The molecule has 0 aliphatic heterocycles. The molecular weight excluding hydrogens is 262 g/mol. The van der Waals surface area contributed by atoms with Gasteiger partial charge in [0.05, 0.1) is 5.92 Å². The predicted octanol–water partition coefficient (Wildman–Crippen LogP) is 1.27. The molecule has 0 amide bonds. The minimum atomic E-state index is -1.08. The summed E-state index contributed by atoms with van der Waals surface area (Å²) in [5.74, 6) is -2.49. The second kappa shape index (κ2) is 7.49. The lowest BCUT2D eigenvalue weighted by molar-refractivity contribution is -0.142. The molecule has 1 heterocycles. The molecule has 1 rings (SSSR count). The van der Waals surface area contributed by atoms with E-state index in [1.54, 1.807) is 12.3 Å². The van der Waals surface area contributed by atoms with Crippen LogP contribution in [0.5, 0.6) is 0 Å². The lowest BCUT2D eigenvalue weighted by Crippen LogP contribution is -2.24. The number of carboxylic acids is 1. The van der Waals surface area contributed by atoms with Crippen LogP contribution in [0.2, 0.25) is 0 Å². The number of aliphatic carboxylic acids is 1. The largest absolute Gasteiger partial charge is 0.480 e. The first-order chi connectivity index (χ1) is 9.41. The number of carbonyl (C=O) groups is 3. The number of ketones is 2. The summed E-state index contributed by atoms with van der Waals surface area (Å²) in [4.78, 5) is 38.0. The summed E-state index contributed by atoms with van der Waals surface area (Å²) in [6.07, 6.45) is 3.20. The quantitative estimate of drug-likeness (QED) is 0.437. The Balaban J connectivity index is 2.68. The average Bonchev–Trinajstić information content (AvgIpc) is 2.37. The van der Waals surface area contributed by atoms with Gasteiger partial charge in [-0.05, 0) is 31.9 Å². The number of rotatable bonds is 8. The molecule has 0 saturated carbocycles. The van der Waals surface area contributed by atoms with Crippen molar-refractivity contribution in [3.63, 3.8) is 0 Å². The molecule has 108 valence electrons. The molecule has 1 aromatic heterocycles. The predicted molar refractivity (Wildman–Crippen MR) is 70.5 cm³/mol. The van der Waals surface area contributed by atoms with E-state index in [0.717, 1.165) is 5.56 Å². The van der Waals surface area contributed by atoms with Crippen molar-refractivity contribution in [2.45, 2.75) is 20.3 Å². The van der Waals surface area contributed by atoms with Crippen LogP contribution >= 0.6 is 0 Å². The standard InChI is InChI=1S/C14H17NO5/c1-9-5-11(7-15-6-9)14(19)12(10(2)16)3-4-20-8-13(17)18/h5-7,12H,3-4,8H2,1-2H3,(H,17,18). The fraction of sp³-hybridized carbons (Fsp3) is 0.429. The van der Waals surface area contributed by atoms with Gasteiger partial charge in [0.15, 0.2) is 5.78 Å². The number of nitrogens with zero attached hydrogens (tertiary/aromatic N) is 1. The number of pyridine rings is 1. The maximum absolute atomic E-state index is 12.2. The van der Waals surface area contributed by atoms with E-state index >= 15 is 0 Å². The third-order valence-electron chi connectivity index (χ3n) is 2.74. The summed E-state index contributed by atoms with van der Waals surface area (Å²) in [5.41, 5.74) is 1.21. The molecule has 0 saturated heterocycles. The van der Waals surface area contributed by atoms with Crippen LogP contribution in [0, 0.1) is 12.8 Å². The number of carboxylic acid groups (broad SMARTS) is 1. The molecule has 1 aromatic rings. The topological polar surface area (TPSA) is 93.6 Å². The fourth-order valence-electron chi connectivity index (χ4n) is 1.77. The summed E-state index contributed by atoms with van der Waals surface area (Å²) < 4.78 is 4.87. The normalized spacial score (nSPS) is 11.9. The number of carbonyl (C=O) groups excluding carboxylic acids is 2. The van der Waals surface area contributed by atoms with Crippen molar-refractivity contribution in [1.82, 2.24) is 4.98 Å². The van der Waals surface area contributed by atoms with Crippen molar-refractivity contribution in [3.8, 4) is 0 Å². The maximum Gasteiger partial charge on any atom is 0.329 e. The van der Waals surface area contributed by atoms with Crippen LogP contribution in [0.15, 0.2) is 18.5 Å². The summed E-state index contributed by atoms with van der Waals surface area (Å²) in [6, 6.07) is 1.67. The van der Waals surface area contributed by atoms with Gasteiger partial charge in [-0.25, -0.2) is 4.79 Å². The molecule has 0 fully saturated rings. The molecule has 1 N–H and O–H groups in total. The van der Waals surface area contributed by atoms with Crippen LogP contribution in [0.1, 0.15) is 29.3 Å². The van der Waals surface area contributed by atoms with E-state index in [9.17, 15) is 14.4 Å². The highest BCUT2D eigenvalue weighted by molar-refractivity contribution is 6.09. The van der Waals surface area contributed by atoms with Crippen molar-refractivity contribution in [1.29, 1.82) is 0 Å². The summed E-state index contributed by atoms with van der Waals surface area (Å²) in [7, 11) is 0. The van der Waals surface area contributed by atoms with Crippen molar-refractivity contribution in [2.24, 2.45) is 5.92 Å². The minimum absolute atomic E-state index is 0.0432. The number of Topliss-reactive ketones (excluding diaryl/α,β-unsaturated/α-hetero) is 2. The van der Waals surface area contributed by atoms with Gasteiger partial charge in [-0.1, -0.05) is 0 Å². The fourth-order valence-corrected chi connectivity index (χ4v) is 1.77. The zero-order valence-corrected chi connectivity index (χ0v) is 11.5. The highest BCUT2D eigenvalue weighted by atomic mass is 16.5. The smallest absolute Gasteiger partial charge is 0.329 e. The molecule has 1 unspecified atom stereocenters. The molecular formula is C14H17NO5. The van der Waals surface area contributed by atoms with Crippen molar-refractivity contribution in [3.05, 3.63) is 29.6 Å². The summed E-state index contributed by atoms with van der Waals surface area (Å²) >= 11 is 0. The number of ether oxygens (including phenoxy) is 1. The third kappa shape index (κ3) is 4.89. The molecule has 6 heteroatoms. The number of hydrogen-bond donors (Lipinski definition) is 1. The first kappa shape index (κ1) is 16.0. The van der Waals surface area contributed by atoms with Gasteiger partial charge in [0.1, 0.15) is 12.4 Å². The second-order valence-electron chi connectivity index (χ2n) is 4.51. The first-order valence-corrected chi connectivity index (χ1v) is 6.17. The van der Waals surface area contributed by atoms with Crippen LogP contribution in [0.25, 0.3) is 0 Å². The Kier molecular flexibility index (Phi) is 5.99. The molecule has 0 bridgehead atoms. The van der Waals surface area contributed by atoms with Crippen LogP contribution in [0.4, 0.5) is 0 Å². The van der Waals surface area contributed by atoms with Gasteiger partial charge >= 0.3 is 5.97 Å². The Bertz CT molecular complexity index is 512. The first-order valence-electron chi connectivity index (χ1n) is 6.17. The van der Waals surface area contributed by atoms with Gasteiger partial charge in [-0.2, -0.15) is 0 Å². The van der Waals surface area contributed by atoms with Gasteiger partial charge in [-0.3, -0.25) is 14.6 Å². The van der Waals surface area contributed by atoms with E-state index in [4.69, 9.17) is 9.84 Å². The van der Waals surface area contributed by atoms with Crippen LogP contribution in [0.3, 0.4) is 0 Å². The van der Waals surface area contributed by atoms with Gasteiger partial charge in [0.25, 0.3) is 0 Å². The van der Waals surface area contributed by atoms with Crippen molar-refractivity contribution >= 4 is 17.5 Å². The zero-order valence-electron chi connectivity index (χ0n) is 11.5. The lowest BCUT2D eigenvalue weighted by atomic mass is 9.92. The number of aromatic nitrogens is 1. The molecule has 6 nitrogen and oxygen atoms in total. The number of aryl methyl sites for hydroxylation is 1. The van der Waals surface area contributed by atoms with Gasteiger partial charge in [0, 0.05) is 24.6 Å². The molecule has 0 spiro atoms. The Labute approximate surface area is 116 Å². The Morgan fingerprint density at radius 3 is 2.60 bits per heavy atom.